The molecular weight excluding hydrogens is 546 g/mol. The van der Waals surface area contributed by atoms with Gasteiger partial charge in [0.1, 0.15) is 18.3 Å². The van der Waals surface area contributed by atoms with E-state index in [4.69, 9.17) is 25.4 Å². The maximum absolute atomic E-state index is 14.6. The van der Waals surface area contributed by atoms with Crippen molar-refractivity contribution in [2.75, 3.05) is 43.2 Å². The molecule has 1 aliphatic rings. The highest BCUT2D eigenvalue weighted by Gasteiger charge is 2.29. The molecule has 0 bridgehead atoms. The predicted octanol–water partition coefficient (Wildman–Crippen LogP) is 6.15. The number of anilines is 3. The van der Waals surface area contributed by atoms with E-state index in [2.05, 4.69) is 32.4 Å². The molecule has 2 heterocycles. The van der Waals surface area contributed by atoms with Crippen LogP contribution in [-0.2, 0) is 23.1 Å². The maximum Gasteiger partial charge on any atom is 0.340 e. The second-order valence-electron chi connectivity index (χ2n) is 9.13. The van der Waals surface area contributed by atoms with Crippen molar-refractivity contribution in [2.45, 2.75) is 27.2 Å². The van der Waals surface area contributed by atoms with Crippen LogP contribution in [0.4, 0.5) is 21.6 Å². The van der Waals surface area contributed by atoms with Crippen molar-refractivity contribution in [3.8, 4) is 11.8 Å². The van der Waals surface area contributed by atoms with Gasteiger partial charge in [0, 0.05) is 12.0 Å². The van der Waals surface area contributed by atoms with E-state index < -0.39 is 25.5 Å². The molecular formula is C27H29ClFN4O5P. The normalized spacial score (nSPS) is 17.1. The van der Waals surface area contributed by atoms with Crippen LogP contribution in [-0.4, -0.2) is 48.5 Å². The van der Waals surface area contributed by atoms with Crippen molar-refractivity contribution < 1.29 is 27.5 Å². The fourth-order valence-electron chi connectivity index (χ4n) is 4.01. The maximum atomic E-state index is 14.6. The standard InChI is InChI=1S/C27H29ClFN4O5P/c1-4-37-39(35,38-5-2)15-24(34)32-22-14-19-23(13-18(22)9-10-27(3)11-12-36-16-27)30-17-31-26(19)33-21-8-6-7-20(28)25(21)29/h6-8,13-14,17H,4-5,11-12,15-16H2,1-3H3,(H,32,34)(H,30,31,33). The van der Waals surface area contributed by atoms with Crippen LogP contribution in [0, 0.1) is 23.1 Å². The lowest BCUT2D eigenvalue weighted by atomic mass is 9.90. The Kier molecular flexibility index (Phi) is 9.21. The third-order valence-electron chi connectivity index (χ3n) is 5.96. The summed E-state index contributed by atoms with van der Waals surface area (Å²) in [5.41, 5.74) is 1.13. The molecule has 1 aliphatic heterocycles. The highest BCUT2D eigenvalue weighted by atomic mass is 35.5. The first-order valence-corrected chi connectivity index (χ1v) is 14.5. The summed E-state index contributed by atoms with van der Waals surface area (Å²) in [5.74, 6) is 5.50. The van der Waals surface area contributed by atoms with Crippen molar-refractivity contribution >= 4 is 53.2 Å². The zero-order valence-corrected chi connectivity index (χ0v) is 23.5. The summed E-state index contributed by atoms with van der Waals surface area (Å²) in [6, 6.07) is 7.93. The largest absolute Gasteiger partial charge is 0.380 e. The van der Waals surface area contributed by atoms with Crippen LogP contribution in [0.25, 0.3) is 10.9 Å². The zero-order chi connectivity index (χ0) is 28.0. The van der Waals surface area contributed by atoms with Crippen LogP contribution in [0.15, 0.2) is 36.7 Å². The fraction of sp³-hybridized carbons (Fsp3) is 0.370. The van der Waals surface area contributed by atoms with Gasteiger partial charge in [0.2, 0.25) is 5.91 Å². The minimum absolute atomic E-state index is 0.0405. The number of nitrogens with zero attached hydrogens (tertiary/aromatic N) is 2. The molecule has 0 spiro atoms. The predicted molar refractivity (Wildman–Crippen MR) is 149 cm³/mol. The van der Waals surface area contributed by atoms with E-state index in [1.165, 1.54) is 18.5 Å². The molecule has 0 aliphatic carbocycles. The van der Waals surface area contributed by atoms with Gasteiger partial charge in [-0.1, -0.05) is 29.5 Å². The highest BCUT2D eigenvalue weighted by molar-refractivity contribution is 7.54. The van der Waals surface area contributed by atoms with Gasteiger partial charge in [0.25, 0.3) is 0 Å². The summed E-state index contributed by atoms with van der Waals surface area (Å²) in [6.07, 6.45) is 1.65. The van der Waals surface area contributed by atoms with Gasteiger partial charge in [-0.15, -0.1) is 0 Å². The SMILES string of the molecule is CCOP(=O)(CC(=O)Nc1cc2c(Nc3cccc(Cl)c3F)ncnc2cc1C#CC1(C)CCOC1)OCC. The third-order valence-corrected chi connectivity index (χ3v) is 8.23. The smallest absolute Gasteiger partial charge is 0.340 e. The minimum atomic E-state index is -3.64. The van der Waals surface area contributed by atoms with E-state index in [0.29, 0.717) is 41.2 Å². The first-order chi connectivity index (χ1) is 18.6. The zero-order valence-electron chi connectivity index (χ0n) is 21.8. The Bertz CT molecular complexity index is 1480. The summed E-state index contributed by atoms with van der Waals surface area (Å²) in [5, 5.41) is 6.19. The van der Waals surface area contributed by atoms with Gasteiger partial charge in [0.15, 0.2) is 5.82 Å². The molecule has 9 nitrogen and oxygen atoms in total. The van der Waals surface area contributed by atoms with E-state index in [1.54, 1.807) is 32.0 Å². The highest BCUT2D eigenvalue weighted by Crippen LogP contribution is 2.47. The first-order valence-electron chi connectivity index (χ1n) is 12.4. The van der Waals surface area contributed by atoms with E-state index in [-0.39, 0.29) is 29.3 Å². The molecule has 1 unspecified atom stereocenters. The summed E-state index contributed by atoms with van der Waals surface area (Å²) >= 11 is 5.94. The number of halogens is 2. The Hall–Kier alpha value is -3.06. The monoisotopic (exact) mass is 574 g/mol. The lowest BCUT2D eigenvalue weighted by Crippen LogP contribution is -2.19. The second kappa shape index (κ2) is 12.4. The van der Waals surface area contributed by atoms with E-state index >= 15 is 0 Å². The molecule has 12 heteroatoms. The number of carbonyl (C=O) groups is 1. The number of carbonyl (C=O) groups excluding carboxylic acids is 1. The van der Waals surface area contributed by atoms with Gasteiger partial charge < -0.3 is 24.4 Å². The summed E-state index contributed by atoms with van der Waals surface area (Å²) in [7, 11) is -3.64. The van der Waals surface area contributed by atoms with Crippen molar-refractivity contribution in [1.82, 2.24) is 9.97 Å². The Morgan fingerprint density at radius 2 is 2.00 bits per heavy atom. The molecule has 1 saturated heterocycles. The van der Waals surface area contributed by atoms with Crippen molar-refractivity contribution in [2.24, 2.45) is 5.41 Å². The van der Waals surface area contributed by atoms with Crippen LogP contribution in [0.1, 0.15) is 32.8 Å². The van der Waals surface area contributed by atoms with Crippen molar-refractivity contribution in [3.05, 3.63) is 53.1 Å². The first kappa shape index (κ1) is 28.9. The van der Waals surface area contributed by atoms with Crippen molar-refractivity contribution in [1.29, 1.82) is 0 Å². The Morgan fingerprint density at radius 1 is 1.23 bits per heavy atom. The van der Waals surface area contributed by atoms with E-state index in [0.717, 1.165) is 6.42 Å². The lowest BCUT2D eigenvalue weighted by molar-refractivity contribution is -0.114. The molecule has 3 aromatic rings. The van der Waals surface area contributed by atoms with Crippen LogP contribution in [0.5, 0.6) is 0 Å². The topological polar surface area (TPSA) is 112 Å². The number of hydrogen-bond acceptors (Lipinski definition) is 8. The van der Waals surface area contributed by atoms with Crippen molar-refractivity contribution in [3.63, 3.8) is 0 Å². The average Bonchev–Trinajstić information content (AvgIpc) is 3.32. The van der Waals surface area contributed by atoms with Gasteiger partial charge in [-0.05, 0) is 51.5 Å². The molecule has 2 N–H and O–H groups in total. The Morgan fingerprint density at radius 3 is 2.69 bits per heavy atom. The number of amides is 1. The van der Waals surface area contributed by atoms with Gasteiger partial charge in [0.05, 0.1) is 52.7 Å². The number of fused-ring (bicyclic) bond motifs is 1. The van der Waals surface area contributed by atoms with E-state index in [9.17, 15) is 13.8 Å². The number of ether oxygens (including phenoxy) is 1. The molecule has 1 atom stereocenters. The molecule has 4 rings (SSSR count). The number of nitrogens with one attached hydrogen (secondary N) is 2. The molecule has 1 amide bonds. The third kappa shape index (κ3) is 7.13. The molecule has 206 valence electrons. The minimum Gasteiger partial charge on any atom is -0.380 e. The molecule has 1 aromatic heterocycles. The number of benzene rings is 2. The number of hydrogen-bond donors (Lipinski definition) is 2. The Balaban J connectivity index is 1.75. The summed E-state index contributed by atoms with van der Waals surface area (Å²) in [4.78, 5) is 21.6. The average molecular weight is 575 g/mol. The molecule has 0 radical (unpaired) electrons. The molecule has 39 heavy (non-hydrogen) atoms. The summed E-state index contributed by atoms with van der Waals surface area (Å²) in [6.45, 7) is 6.74. The van der Waals surface area contributed by atoms with Gasteiger partial charge in [-0.25, -0.2) is 14.4 Å². The van der Waals surface area contributed by atoms with Crippen LogP contribution < -0.4 is 10.6 Å². The summed E-state index contributed by atoms with van der Waals surface area (Å²) < 4.78 is 43.6. The molecule has 1 fully saturated rings. The molecule has 0 saturated carbocycles. The number of aromatic nitrogens is 2. The Labute approximate surface area is 231 Å². The second-order valence-corrected chi connectivity index (χ2v) is 11.6. The van der Waals surface area contributed by atoms with Crippen LogP contribution in [0.3, 0.4) is 0 Å². The quantitative estimate of drug-likeness (QED) is 0.231. The fourth-order valence-corrected chi connectivity index (χ4v) is 5.66. The van der Waals surface area contributed by atoms with Crippen LogP contribution in [0.2, 0.25) is 5.02 Å². The van der Waals surface area contributed by atoms with E-state index in [1.807, 2.05) is 6.92 Å². The number of rotatable bonds is 9. The molecule has 2 aromatic carbocycles. The van der Waals surface area contributed by atoms with Crippen LogP contribution >= 0.6 is 19.2 Å². The van der Waals surface area contributed by atoms with Gasteiger partial charge >= 0.3 is 7.60 Å². The lowest BCUT2D eigenvalue weighted by Gasteiger charge is -2.17. The van der Waals surface area contributed by atoms with Gasteiger partial charge in [-0.3, -0.25) is 9.36 Å². The van der Waals surface area contributed by atoms with Gasteiger partial charge in [-0.2, -0.15) is 0 Å².